The number of alkyl halides is 3. The first-order chi connectivity index (χ1) is 16.8. The Morgan fingerprint density at radius 1 is 0.973 bits per heavy atom. The normalized spacial score (nSPS) is 28.6. The van der Waals surface area contributed by atoms with Gasteiger partial charge in [0.25, 0.3) is 10.1 Å². The molecule has 0 aromatic heterocycles. The summed E-state index contributed by atoms with van der Waals surface area (Å²) in [4.78, 5) is 35.0. The largest absolute Gasteiger partial charge is 0.457 e. The van der Waals surface area contributed by atoms with Crippen LogP contribution in [0.3, 0.4) is 0 Å². The molecular formula is C24H37F3O9S. The van der Waals surface area contributed by atoms with Crippen LogP contribution in [0.15, 0.2) is 0 Å². The van der Waals surface area contributed by atoms with Gasteiger partial charge in [-0.3, -0.25) is 13.8 Å². The fourth-order valence-electron chi connectivity index (χ4n) is 4.23. The molecule has 0 radical (unpaired) electrons. The van der Waals surface area contributed by atoms with Gasteiger partial charge in [0.1, 0.15) is 12.2 Å². The highest BCUT2D eigenvalue weighted by atomic mass is 32.2. The second kappa shape index (κ2) is 11.1. The standard InChI is InChI=1S/C15H22O7S.C9H15F3O2/c1-4-15(2,3)14(17)20-7-11(16)21-12-8-5-9-10(6-8)23(18,19)22-13(9)12;1-5-8(3,4)7(13)14-6(2)9(10,11)12/h8-10,12-13H,4-7H2,1-3H3;6H,5H2,1-4H3. The number of rotatable bonds is 8. The summed E-state index contributed by atoms with van der Waals surface area (Å²) < 4.78 is 79.5. The minimum atomic E-state index is -4.49. The number of carbonyl (C=O) groups is 3. The van der Waals surface area contributed by atoms with Crippen LogP contribution < -0.4 is 0 Å². The quantitative estimate of drug-likeness (QED) is 0.248. The van der Waals surface area contributed by atoms with Crippen molar-refractivity contribution in [3.8, 4) is 0 Å². The van der Waals surface area contributed by atoms with Crippen molar-refractivity contribution in [2.45, 2.75) is 104 Å². The van der Waals surface area contributed by atoms with Gasteiger partial charge in [0.2, 0.25) is 0 Å². The Bertz CT molecular complexity index is 974. The highest BCUT2D eigenvalue weighted by Gasteiger charge is 2.65. The van der Waals surface area contributed by atoms with Gasteiger partial charge in [-0.15, -0.1) is 0 Å². The molecule has 0 N–H and O–H groups in total. The molecule has 1 saturated heterocycles. The van der Waals surface area contributed by atoms with Crippen LogP contribution in [-0.2, 0) is 42.9 Å². The van der Waals surface area contributed by atoms with Gasteiger partial charge in [0.15, 0.2) is 12.7 Å². The Morgan fingerprint density at radius 2 is 1.51 bits per heavy atom. The summed E-state index contributed by atoms with van der Waals surface area (Å²) in [5, 5.41) is -0.448. The van der Waals surface area contributed by atoms with Crippen LogP contribution in [0.2, 0.25) is 0 Å². The van der Waals surface area contributed by atoms with Crippen molar-refractivity contribution in [2.75, 3.05) is 6.61 Å². The predicted octanol–water partition coefficient (Wildman–Crippen LogP) is 3.93. The second-order valence-electron chi connectivity index (χ2n) is 11.1. The van der Waals surface area contributed by atoms with Gasteiger partial charge in [-0.25, -0.2) is 4.79 Å². The van der Waals surface area contributed by atoms with Crippen LogP contribution in [0, 0.1) is 22.7 Å². The van der Waals surface area contributed by atoms with E-state index in [1.165, 1.54) is 0 Å². The minimum absolute atomic E-state index is 0.0130. The van der Waals surface area contributed by atoms with E-state index in [-0.39, 0.29) is 11.8 Å². The lowest BCUT2D eigenvalue weighted by Gasteiger charge is -2.25. The predicted molar refractivity (Wildman–Crippen MR) is 124 cm³/mol. The highest BCUT2D eigenvalue weighted by molar-refractivity contribution is 7.87. The number of hydrogen-bond donors (Lipinski definition) is 0. The molecule has 3 rings (SSSR count). The van der Waals surface area contributed by atoms with Gasteiger partial charge in [-0.1, -0.05) is 13.8 Å². The van der Waals surface area contributed by atoms with Crippen molar-refractivity contribution >= 4 is 28.0 Å². The average Bonchev–Trinajstić information content (AvgIpc) is 3.41. The molecule has 214 valence electrons. The molecule has 6 unspecified atom stereocenters. The zero-order chi connectivity index (χ0) is 28.6. The van der Waals surface area contributed by atoms with Crippen LogP contribution in [0.4, 0.5) is 13.2 Å². The lowest BCUT2D eigenvalue weighted by molar-refractivity contribution is -0.221. The summed E-state index contributed by atoms with van der Waals surface area (Å²) in [5.74, 6) is -2.00. The van der Waals surface area contributed by atoms with E-state index in [0.717, 1.165) is 6.92 Å². The number of halogens is 3. The molecule has 1 aliphatic heterocycles. The third-order valence-corrected chi connectivity index (χ3v) is 9.39. The molecular weight excluding hydrogens is 521 g/mol. The first kappa shape index (κ1) is 31.3. The van der Waals surface area contributed by atoms with Crippen molar-refractivity contribution in [3.05, 3.63) is 0 Å². The minimum Gasteiger partial charge on any atom is -0.457 e. The first-order valence-electron chi connectivity index (χ1n) is 12.3. The van der Waals surface area contributed by atoms with Crippen LogP contribution in [0.1, 0.15) is 74.1 Å². The Kier molecular flexibility index (Phi) is 9.38. The Labute approximate surface area is 215 Å². The fourth-order valence-corrected chi connectivity index (χ4v) is 6.11. The summed E-state index contributed by atoms with van der Waals surface area (Å²) in [6.07, 6.45) is -5.44. The molecule has 37 heavy (non-hydrogen) atoms. The molecule has 2 saturated carbocycles. The van der Waals surface area contributed by atoms with Crippen molar-refractivity contribution < 1.29 is 54.4 Å². The number of esters is 3. The molecule has 0 aromatic carbocycles. The van der Waals surface area contributed by atoms with Gasteiger partial charge >= 0.3 is 24.1 Å². The Morgan fingerprint density at radius 3 is 2.03 bits per heavy atom. The Balaban J connectivity index is 0.000000298. The van der Waals surface area contributed by atoms with Crippen molar-refractivity contribution in [1.82, 2.24) is 0 Å². The fraction of sp³-hybridized carbons (Fsp3) is 0.875. The number of fused-ring (bicyclic) bond motifs is 1. The van der Waals surface area contributed by atoms with E-state index in [9.17, 15) is 36.0 Å². The highest BCUT2D eigenvalue weighted by Crippen LogP contribution is 2.55. The summed E-state index contributed by atoms with van der Waals surface area (Å²) in [6, 6.07) is 0. The van der Waals surface area contributed by atoms with E-state index >= 15 is 0 Å². The summed E-state index contributed by atoms with van der Waals surface area (Å²) in [5.41, 5.74) is -1.51. The molecule has 13 heteroatoms. The monoisotopic (exact) mass is 558 g/mol. The zero-order valence-electron chi connectivity index (χ0n) is 22.2. The van der Waals surface area contributed by atoms with Crippen molar-refractivity contribution in [3.63, 3.8) is 0 Å². The SMILES string of the molecule is CCC(C)(C)C(=O)OC(C)C(F)(F)F.CCC(C)(C)C(=O)OCC(=O)OC1C2CC3C1OS(=O)(=O)C3C2. The molecule has 3 aliphatic rings. The average molecular weight is 559 g/mol. The van der Waals surface area contributed by atoms with Crippen molar-refractivity contribution in [2.24, 2.45) is 22.7 Å². The van der Waals surface area contributed by atoms with Crippen LogP contribution in [0.25, 0.3) is 0 Å². The van der Waals surface area contributed by atoms with Gasteiger partial charge in [-0.05, 0) is 60.3 Å². The molecule has 0 amide bonds. The molecule has 3 fully saturated rings. The third kappa shape index (κ3) is 7.15. The van der Waals surface area contributed by atoms with E-state index in [1.54, 1.807) is 34.6 Å². The smallest absolute Gasteiger partial charge is 0.425 e. The molecule has 0 aromatic rings. The van der Waals surface area contributed by atoms with Crippen LogP contribution >= 0.6 is 0 Å². The van der Waals surface area contributed by atoms with E-state index < -0.39 is 75.2 Å². The number of ether oxygens (including phenoxy) is 3. The lowest BCUT2D eigenvalue weighted by Crippen LogP contribution is -2.38. The van der Waals surface area contributed by atoms with Crippen LogP contribution in [-0.4, -0.2) is 62.7 Å². The molecule has 2 aliphatic carbocycles. The zero-order valence-corrected chi connectivity index (χ0v) is 23.0. The van der Waals surface area contributed by atoms with Gasteiger partial charge in [-0.2, -0.15) is 21.6 Å². The number of carbonyl (C=O) groups excluding carboxylic acids is 3. The van der Waals surface area contributed by atoms with Crippen LogP contribution in [0.5, 0.6) is 0 Å². The summed E-state index contributed by atoms with van der Waals surface area (Å²) >= 11 is 0. The number of hydrogen-bond acceptors (Lipinski definition) is 9. The van der Waals surface area contributed by atoms with Gasteiger partial charge in [0, 0.05) is 11.8 Å². The van der Waals surface area contributed by atoms with E-state index in [2.05, 4.69) is 4.74 Å². The molecule has 0 spiro atoms. The Hall–Kier alpha value is -1.89. The molecule has 6 atom stereocenters. The molecule has 1 heterocycles. The summed E-state index contributed by atoms with van der Waals surface area (Å²) in [7, 11) is -3.53. The van der Waals surface area contributed by atoms with Gasteiger partial charge < -0.3 is 14.2 Å². The lowest BCUT2D eigenvalue weighted by atomic mass is 9.90. The third-order valence-electron chi connectivity index (χ3n) is 7.62. The second-order valence-corrected chi connectivity index (χ2v) is 12.9. The van der Waals surface area contributed by atoms with Gasteiger partial charge in [0.05, 0.1) is 16.1 Å². The van der Waals surface area contributed by atoms with E-state index in [1.807, 2.05) is 6.92 Å². The van der Waals surface area contributed by atoms with E-state index in [4.69, 9.17) is 13.7 Å². The maximum absolute atomic E-state index is 12.0. The molecule has 9 nitrogen and oxygen atoms in total. The first-order valence-corrected chi connectivity index (χ1v) is 13.8. The maximum Gasteiger partial charge on any atom is 0.425 e. The van der Waals surface area contributed by atoms with Crippen molar-refractivity contribution in [1.29, 1.82) is 0 Å². The summed E-state index contributed by atoms with van der Waals surface area (Å²) in [6.45, 7) is 10.5. The van der Waals surface area contributed by atoms with E-state index in [0.29, 0.717) is 25.7 Å². The topological polar surface area (TPSA) is 122 Å². The molecule has 2 bridgehead atoms. The maximum atomic E-state index is 12.0.